The van der Waals surface area contributed by atoms with Gasteiger partial charge < -0.3 is 0 Å². The number of hydrazone groups is 1. The van der Waals surface area contributed by atoms with Gasteiger partial charge >= 0.3 is 4.87 Å². The lowest BCUT2D eigenvalue weighted by atomic mass is 10.1. The maximum Gasteiger partial charge on any atom is 0.309 e. The van der Waals surface area contributed by atoms with Crippen molar-refractivity contribution in [1.29, 1.82) is 0 Å². The molecule has 5 nitrogen and oxygen atoms in total. The average Bonchev–Trinajstić information content (AvgIpc) is 2.76. The molecule has 1 N–H and O–H groups in total. The van der Waals surface area contributed by atoms with Crippen molar-refractivity contribution < 1.29 is 4.79 Å². The van der Waals surface area contributed by atoms with Crippen molar-refractivity contribution in [2.75, 3.05) is 0 Å². The third-order valence-electron chi connectivity index (χ3n) is 2.75. The Morgan fingerprint density at radius 3 is 2.82 bits per heavy atom. The highest BCUT2D eigenvalue weighted by molar-refractivity contribution is 7.11. The van der Waals surface area contributed by atoms with Crippen molar-refractivity contribution in [3.8, 4) is 0 Å². The quantitative estimate of drug-likeness (QED) is 0.500. The summed E-state index contributed by atoms with van der Waals surface area (Å²) in [5, 5.41) is 4.12. The van der Waals surface area contributed by atoms with Gasteiger partial charge in [0.1, 0.15) is 5.15 Å². The van der Waals surface area contributed by atoms with Gasteiger partial charge in [-0.3, -0.25) is 14.2 Å². The molecule has 0 radical (unpaired) electrons. The third kappa shape index (κ3) is 4.16. The monoisotopic (exact) mass is 335 g/mol. The molecule has 0 unspecified atom stereocenters. The summed E-state index contributed by atoms with van der Waals surface area (Å²) >= 11 is 7.04. The van der Waals surface area contributed by atoms with Crippen LogP contribution in [0.5, 0.6) is 0 Å². The van der Waals surface area contributed by atoms with Gasteiger partial charge in [-0.2, -0.15) is 5.10 Å². The maximum absolute atomic E-state index is 11.7. The molecule has 2 aromatic rings. The number of nitrogens with one attached hydrogen (secondary N) is 1. The van der Waals surface area contributed by atoms with Gasteiger partial charge in [-0.05, 0) is 5.56 Å². The number of aromatic nitrogens is 1. The van der Waals surface area contributed by atoms with Crippen molar-refractivity contribution in [1.82, 2.24) is 9.99 Å². The number of allylic oxidation sites excluding steroid dienone is 1. The molecule has 0 atom stereocenters. The van der Waals surface area contributed by atoms with E-state index in [0.717, 1.165) is 16.9 Å². The molecule has 0 saturated heterocycles. The van der Waals surface area contributed by atoms with Crippen LogP contribution in [0.3, 0.4) is 0 Å². The summed E-state index contributed by atoms with van der Waals surface area (Å²) in [6, 6.07) is 9.34. The minimum Gasteiger partial charge on any atom is -0.285 e. The minimum atomic E-state index is -0.239. The summed E-state index contributed by atoms with van der Waals surface area (Å²) in [7, 11) is 0. The van der Waals surface area contributed by atoms with Crippen LogP contribution in [0, 0.1) is 0 Å². The second-order valence-electron chi connectivity index (χ2n) is 4.38. The van der Waals surface area contributed by atoms with E-state index in [1.54, 1.807) is 6.08 Å². The number of carbonyl (C=O) groups is 1. The summed E-state index contributed by atoms with van der Waals surface area (Å²) in [6.07, 6.45) is 3.19. The third-order valence-corrected chi connectivity index (χ3v) is 4.18. The van der Waals surface area contributed by atoms with Crippen LogP contribution in [-0.2, 0) is 17.8 Å². The summed E-state index contributed by atoms with van der Waals surface area (Å²) in [4.78, 5) is 23.7. The number of hydrogen-bond donors (Lipinski definition) is 1. The van der Waals surface area contributed by atoms with Crippen LogP contribution in [0.2, 0.25) is 5.15 Å². The summed E-state index contributed by atoms with van der Waals surface area (Å²) in [6.45, 7) is 3.90. The Morgan fingerprint density at radius 2 is 2.14 bits per heavy atom. The number of rotatable bonds is 6. The Labute approximate surface area is 136 Å². The molecular weight excluding hydrogens is 322 g/mol. The molecule has 0 bridgehead atoms. The van der Waals surface area contributed by atoms with Gasteiger partial charge in [-0.15, -0.1) is 6.58 Å². The first-order valence-electron chi connectivity index (χ1n) is 6.47. The molecule has 1 heterocycles. The van der Waals surface area contributed by atoms with Crippen LogP contribution in [0.15, 0.2) is 52.9 Å². The van der Waals surface area contributed by atoms with Gasteiger partial charge in [-0.25, -0.2) is 5.43 Å². The fourth-order valence-electron chi connectivity index (χ4n) is 1.75. The van der Waals surface area contributed by atoms with E-state index in [0.29, 0.717) is 11.4 Å². The molecule has 22 heavy (non-hydrogen) atoms. The van der Waals surface area contributed by atoms with E-state index >= 15 is 0 Å². The van der Waals surface area contributed by atoms with Crippen molar-refractivity contribution in [2.24, 2.45) is 5.10 Å². The van der Waals surface area contributed by atoms with E-state index < -0.39 is 0 Å². The largest absolute Gasteiger partial charge is 0.309 e. The molecule has 0 aliphatic heterocycles. The molecule has 114 valence electrons. The molecule has 0 aliphatic carbocycles. The second kappa shape index (κ2) is 7.72. The Hall–Kier alpha value is -2.18. The van der Waals surface area contributed by atoms with Crippen molar-refractivity contribution in [3.05, 3.63) is 68.2 Å². The molecule has 7 heteroatoms. The predicted octanol–water partition coefficient (Wildman–Crippen LogP) is 2.44. The lowest BCUT2D eigenvalue weighted by Gasteiger charge is -2.00. The molecule has 0 saturated carbocycles. The number of amides is 1. The van der Waals surface area contributed by atoms with E-state index in [1.165, 1.54) is 10.8 Å². The molecule has 0 fully saturated rings. The predicted molar refractivity (Wildman–Crippen MR) is 89.7 cm³/mol. The molecule has 0 aliphatic rings. The number of carbonyl (C=O) groups excluding carboxylic acids is 1. The van der Waals surface area contributed by atoms with Gasteiger partial charge in [0, 0.05) is 6.54 Å². The smallest absolute Gasteiger partial charge is 0.285 e. The number of hydrogen-bond acceptors (Lipinski definition) is 4. The van der Waals surface area contributed by atoms with Crippen LogP contribution in [0.25, 0.3) is 0 Å². The lowest BCUT2D eigenvalue weighted by molar-refractivity contribution is -0.120. The van der Waals surface area contributed by atoms with Crippen LogP contribution in [0.4, 0.5) is 0 Å². The summed E-state index contributed by atoms with van der Waals surface area (Å²) in [5.74, 6) is -0.239. The first kappa shape index (κ1) is 16.2. The molecule has 1 aromatic carbocycles. The van der Waals surface area contributed by atoms with E-state index in [2.05, 4.69) is 17.1 Å². The van der Waals surface area contributed by atoms with E-state index in [-0.39, 0.29) is 22.4 Å². The van der Waals surface area contributed by atoms with E-state index in [1.807, 2.05) is 30.3 Å². The number of halogens is 1. The molecular formula is C15H14ClN3O2S. The van der Waals surface area contributed by atoms with Crippen LogP contribution >= 0.6 is 22.9 Å². The van der Waals surface area contributed by atoms with Crippen LogP contribution in [0.1, 0.15) is 10.4 Å². The van der Waals surface area contributed by atoms with Crippen LogP contribution in [-0.4, -0.2) is 16.7 Å². The zero-order chi connectivity index (χ0) is 15.9. The fraction of sp³-hybridized carbons (Fsp3) is 0.133. The fourth-order valence-corrected chi connectivity index (χ4v) is 2.88. The highest BCUT2D eigenvalue weighted by Crippen LogP contribution is 2.16. The average molecular weight is 336 g/mol. The van der Waals surface area contributed by atoms with Crippen molar-refractivity contribution in [2.45, 2.75) is 13.0 Å². The van der Waals surface area contributed by atoms with Gasteiger partial charge in [0.15, 0.2) is 0 Å². The van der Waals surface area contributed by atoms with Gasteiger partial charge in [0.25, 0.3) is 0 Å². The number of benzene rings is 1. The van der Waals surface area contributed by atoms with Gasteiger partial charge in [0.05, 0.1) is 17.5 Å². The van der Waals surface area contributed by atoms with Gasteiger partial charge in [-0.1, -0.05) is 59.3 Å². The van der Waals surface area contributed by atoms with Gasteiger partial charge in [0.2, 0.25) is 5.91 Å². The number of nitrogens with zero attached hydrogens (tertiary/aromatic N) is 2. The lowest BCUT2D eigenvalue weighted by Crippen LogP contribution is -2.19. The molecule has 0 spiro atoms. The van der Waals surface area contributed by atoms with Crippen molar-refractivity contribution in [3.63, 3.8) is 0 Å². The normalized spacial score (nSPS) is 10.8. The SMILES string of the molecule is C=CCn1c(Cl)c(/C=N/NC(=O)Cc2ccccc2)sc1=O. The number of thiazole rings is 1. The summed E-state index contributed by atoms with van der Waals surface area (Å²) in [5.41, 5.74) is 3.31. The highest BCUT2D eigenvalue weighted by Gasteiger charge is 2.10. The minimum absolute atomic E-state index is 0.193. The van der Waals surface area contributed by atoms with Crippen LogP contribution < -0.4 is 10.3 Å². The Kier molecular flexibility index (Phi) is 5.68. The molecule has 1 aromatic heterocycles. The Balaban J connectivity index is 1.98. The standard InChI is InChI=1S/C15H14ClN3O2S/c1-2-8-19-14(16)12(22-15(19)21)10-17-18-13(20)9-11-6-4-3-5-7-11/h2-7,10H,1,8-9H2,(H,18,20)/b17-10+. The first-order chi connectivity index (χ1) is 10.6. The Bertz CT molecular complexity index is 750. The molecule has 1 amide bonds. The zero-order valence-corrected chi connectivity index (χ0v) is 13.2. The zero-order valence-electron chi connectivity index (χ0n) is 11.7. The van der Waals surface area contributed by atoms with E-state index in [4.69, 9.17) is 11.6 Å². The molecule has 2 rings (SSSR count). The summed E-state index contributed by atoms with van der Waals surface area (Å²) < 4.78 is 1.38. The van der Waals surface area contributed by atoms with E-state index in [9.17, 15) is 9.59 Å². The second-order valence-corrected chi connectivity index (χ2v) is 5.73. The van der Waals surface area contributed by atoms with Crippen molar-refractivity contribution >= 4 is 35.1 Å². The maximum atomic E-state index is 11.7. The topological polar surface area (TPSA) is 63.5 Å². The highest BCUT2D eigenvalue weighted by atomic mass is 35.5. The Morgan fingerprint density at radius 1 is 1.41 bits per heavy atom. The first-order valence-corrected chi connectivity index (χ1v) is 7.67.